The quantitative estimate of drug-likeness (QED) is 0.267. The minimum Gasteiger partial charge on any atom is -0.275 e. The van der Waals surface area contributed by atoms with Crippen molar-refractivity contribution in [1.82, 2.24) is 10.3 Å². The summed E-state index contributed by atoms with van der Waals surface area (Å²) in [7, 11) is 0. The Bertz CT molecular complexity index is 245. The van der Waals surface area contributed by atoms with E-state index in [1.54, 1.807) is 0 Å². The van der Waals surface area contributed by atoms with Gasteiger partial charge >= 0.3 is 0 Å². The molecule has 0 aromatic carbocycles. The summed E-state index contributed by atoms with van der Waals surface area (Å²) in [6.45, 7) is 1.34. The van der Waals surface area contributed by atoms with Crippen molar-refractivity contribution in [2.45, 2.75) is 25.7 Å². The molecule has 1 aliphatic heterocycles. The van der Waals surface area contributed by atoms with E-state index in [9.17, 15) is 9.59 Å². The standard InChI is InChI=1S/C10H17N3O2/c11-12-7-3-1-2-4-8-13-9(14)5-6-10(13)15/h5-6,12H,1-4,7-8,11H2. The van der Waals surface area contributed by atoms with Crippen LogP contribution in [0.5, 0.6) is 0 Å². The molecule has 5 nitrogen and oxygen atoms in total. The number of carbonyl (C=O) groups is 2. The number of hydrogen-bond donors (Lipinski definition) is 2. The minimum atomic E-state index is -0.191. The monoisotopic (exact) mass is 211 g/mol. The van der Waals surface area contributed by atoms with Crippen LogP contribution in [0.3, 0.4) is 0 Å². The summed E-state index contributed by atoms with van der Waals surface area (Å²) in [6.07, 6.45) is 6.61. The summed E-state index contributed by atoms with van der Waals surface area (Å²) in [4.78, 5) is 23.6. The van der Waals surface area contributed by atoms with Crippen molar-refractivity contribution in [3.05, 3.63) is 12.2 Å². The van der Waals surface area contributed by atoms with Gasteiger partial charge < -0.3 is 0 Å². The van der Waals surface area contributed by atoms with E-state index in [2.05, 4.69) is 5.43 Å². The summed E-state index contributed by atoms with van der Waals surface area (Å²) >= 11 is 0. The summed E-state index contributed by atoms with van der Waals surface area (Å²) in [5.41, 5.74) is 2.59. The van der Waals surface area contributed by atoms with E-state index in [1.165, 1.54) is 17.1 Å². The molecular formula is C10H17N3O2. The summed E-state index contributed by atoms with van der Waals surface area (Å²) < 4.78 is 0. The largest absolute Gasteiger partial charge is 0.275 e. The molecule has 0 radical (unpaired) electrons. The molecule has 0 aromatic rings. The smallest absolute Gasteiger partial charge is 0.253 e. The maximum atomic E-state index is 11.1. The van der Waals surface area contributed by atoms with Gasteiger partial charge in [-0.3, -0.25) is 25.8 Å². The van der Waals surface area contributed by atoms with Crippen molar-refractivity contribution >= 4 is 11.8 Å². The fourth-order valence-corrected chi connectivity index (χ4v) is 1.50. The Labute approximate surface area is 89.3 Å². The van der Waals surface area contributed by atoms with Gasteiger partial charge in [0.15, 0.2) is 0 Å². The van der Waals surface area contributed by atoms with Gasteiger partial charge in [-0.2, -0.15) is 0 Å². The molecule has 0 unspecified atom stereocenters. The Morgan fingerprint density at radius 2 is 1.67 bits per heavy atom. The number of imide groups is 1. The van der Waals surface area contributed by atoms with Gasteiger partial charge in [0.25, 0.3) is 11.8 Å². The zero-order valence-corrected chi connectivity index (χ0v) is 8.74. The van der Waals surface area contributed by atoms with Gasteiger partial charge in [-0.05, 0) is 12.8 Å². The first kappa shape index (κ1) is 11.9. The molecule has 0 saturated carbocycles. The SMILES string of the molecule is NNCCCCCCN1C(=O)C=CC1=O. The summed E-state index contributed by atoms with van der Waals surface area (Å²) in [5.74, 6) is 4.74. The number of hydrogen-bond acceptors (Lipinski definition) is 4. The Morgan fingerprint density at radius 3 is 2.27 bits per heavy atom. The maximum Gasteiger partial charge on any atom is 0.253 e. The first-order valence-corrected chi connectivity index (χ1v) is 5.22. The predicted molar refractivity (Wildman–Crippen MR) is 56.5 cm³/mol. The summed E-state index contributed by atoms with van der Waals surface area (Å²) in [5, 5.41) is 0. The molecule has 0 bridgehead atoms. The molecule has 1 rings (SSSR count). The van der Waals surface area contributed by atoms with Crippen LogP contribution in [0.1, 0.15) is 25.7 Å². The molecule has 0 atom stereocenters. The second kappa shape index (κ2) is 6.31. The number of amides is 2. The topological polar surface area (TPSA) is 75.4 Å². The molecule has 2 amide bonds. The number of unbranched alkanes of at least 4 members (excludes halogenated alkanes) is 3. The number of nitrogens with one attached hydrogen (secondary N) is 1. The molecule has 0 spiro atoms. The van der Waals surface area contributed by atoms with Crippen molar-refractivity contribution in [2.24, 2.45) is 5.84 Å². The number of nitrogens with zero attached hydrogens (tertiary/aromatic N) is 1. The van der Waals surface area contributed by atoms with Crippen LogP contribution >= 0.6 is 0 Å². The van der Waals surface area contributed by atoms with E-state index in [-0.39, 0.29) is 11.8 Å². The zero-order valence-electron chi connectivity index (χ0n) is 8.74. The molecule has 0 saturated heterocycles. The average Bonchev–Trinajstić information content (AvgIpc) is 2.54. The van der Waals surface area contributed by atoms with Crippen molar-refractivity contribution in [3.63, 3.8) is 0 Å². The van der Waals surface area contributed by atoms with E-state index in [0.29, 0.717) is 6.54 Å². The maximum absolute atomic E-state index is 11.1. The van der Waals surface area contributed by atoms with Gasteiger partial charge in [-0.1, -0.05) is 12.8 Å². The molecular weight excluding hydrogens is 194 g/mol. The van der Waals surface area contributed by atoms with Crippen LogP contribution in [0, 0.1) is 0 Å². The van der Waals surface area contributed by atoms with Crippen LogP contribution < -0.4 is 11.3 Å². The van der Waals surface area contributed by atoms with E-state index in [4.69, 9.17) is 5.84 Å². The normalized spacial score (nSPS) is 15.4. The summed E-state index contributed by atoms with van der Waals surface area (Å²) in [6, 6.07) is 0. The lowest BCUT2D eigenvalue weighted by Gasteiger charge is -2.12. The minimum absolute atomic E-state index is 0.191. The molecule has 0 fully saturated rings. The fourth-order valence-electron chi connectivity index (χ4n) is 1.50. The highest BCUT2D eigenvalue weighted by molar-refractivity contribution is 6.12. The highest BCUT2D eigenvalue weighted by Gasteiger charge is 2.21. The van der Waals surface area contributed by atoms with Gasteiger partial charge in [0.1, 0.15) is 0 Å². The molecule has 0 aromatic heterocycles. The van der Waals surface area contributed by atoms with E-state index >= 15 is 0 Å². The Kier molecular flexibility index (Phi) is 5.00. The second-order valence-electron chi connectivity index (χ2n) is 3.53. The van der Waals surface area contributed by atoms with Crippen LogP contribution in [-0.4, -0.2) is 29.8 Å². The van der Waals surface area contributed by atoms with Crippen molar-refractivity contribution < 1.29 is 9.59 Å². The van der Waals surface area contributed by atoms with Gasteiger partial charge in [-0.15, -0.1) is 0 Å². The van der Waals surface area contributed by atoms with Gasteiger partial charge in [0, 0.05) is 25.2 Å². The highest BCUT2D eigenvalue weighted by atomic mass is 16.2. The van der Waals surface area contributed by atoms with Crippen LogP contribution in [0.2, 0.25) is 0 Å². The third kappa shape index (κ3) is 3.81. The molecule has 84 valence electrons. The zero-order chi connectivity index (χ0) is 11.1. The molecule has 1 aliphatic rings. The molecule has 5 heteroatoms. The Morgan fingerprint density at radius 1 is 1.07 bits per heavy atom. The van der Waals surface area contributed by atoms with Crippen LogP contribution in [-0.2, 0) is 9.59 Å². The van der Waals surface area contributed by atoms with Gasteiger partial charge in [0.05, 0.1) is 0 Å². The van der Waals surface area contributed by atoms with Gasteiger partial charge in [0.2, 0.25) is 0 Å². The first-order chi connectivity index (χ1) is 7.25. The van der Waals surface area contributed by atoms with Crippen molar-refractivity contribution in [2.75, 3.05) is 13.1 Å². The number of rotatable bonds is 7. The van der Waals surface area contributed by atoms with Gasteiger partial charge in [-0.25, -0.2) is 0 Å². The highest BCUT2D eigenvalue weighted by Crippen LogP contribution is 2.07. The average molecular weight is 211 g/mol. The van der Waals surface area contributed by atoms with Crippen molar-refractivity contribution in [1.29, 1.82) is 0 Å². The van der Waals surface area contributed by atoms with Crippen LogP contribution in [0.15, 0.2) is 12.2 Å². The van der Waals surface area contributed by atoms with Crippen LogP contribution in [0.25, 0.3) is 0 Å². The first-order valence-electron chi connectivity index (χ1n) is 5.22. The third-order valence-electron chi connectivity index (χ3n) is 2.35. The fraction of sp³-hybridized carbons (Fsp3) is 0.600. The molecule has 3 N–H and O–H groups in total. The van der Waals surface area contributed by atoms with E-state index < -0.39 is 0 Å². The lowest BCUT2D eigenvalue weighted by Crippen LogP contribution is -2.30. The van der Waals surface area contributed by atoms with Crippen LogP contribution in [0.4, 0.5) is 0 Å². The van der Waals surface area contributed by atoms with E-state index in [1.807, 2.05) is 0 Å². The number of carbonyl (C=O) groups excluding carboxylic acids is 2. The number of nitrogens with two attached hydrogens (primary N) is 1. The Balaban J connectivity index is 2.05. The Hall–Kier alpha value is -1.20. The lowest BCUT2D eigenvalue weighted by atomic mass is 10.2. The lowest BCUT2D eigenvalue weighted by molar-refractivity contribution is -0.136. The second-order valence-corrected chi connectivity index (χ2v) is 3.53. The third-order valence-corrected chi connectivity index (χ3v) is 2.35. The predicted octanol–water partition coefficient (Wildman–Crippen LogP) is -0.0649. The molecule has 15 heavy (non-hydrogen) atoms. The van der Waals surface area contributed by atoms with Crippen molar-refractivity contribution in [3.8, 4) is 0 Å². The van der Waals surface area contributed by atoms with E-state index in [0.717, 1.165) is 32.2 Å². The molecule has 1 heterocycles. The number of hydrazine groups is 1. The molecule has 0 aliphatic carbocycles.